The van der Waals surface area contributed by atoms with E-state index in [1.54, 1.807) is 0 Å². The normalized spacial score (nSPS) is 30.7. The smallest absolute Gasteiger partial charge is 0.222 e. The van der Waals surface area contributed by atoms with Crippen LogP contribution in [0.3, 0.4) is 0 Å². The Balaban J connectivity index is 1.90. The molecule has 0 saturated carbocycles. The van der Waals surface area contributed by atoms with Crippen molar-refractivity contribution in [2.45, 2.75) is 51.6 Å². The van der Waals surface area contributed by atoms with Crippen LogP contribution >= 0.6 is 0 Å². The number of hydrogen-bond donors (Lipinski definition) is 1. The molecule has 2 bridgehead atoms. The minimum atomic E-state index is 0.350. The largest absolute Gasteiger partial charge is 0.340 e. The van der Waals surface area contributed by atoms with Crippen molar-refractivity contribution in [3.8, 4) is 0 Å². The van der Waals surface area contributed by atoms with E-state index in [1.165, 1.54) is 19.3 Å². The van der Waals surface area contributed by atoms with Crippen molar-refractivity contribution in [3.63, 3.8) is 0 Å². The molecule has 0 aliphatic carbocycles. The maximum Gasteiger partial charge on any atom is 0.222 e. The van der Waals surface area contributed by atoms with Crippen LogP contribution in [0, 0.1) is 5.92 Å². The second-order valence-corrected chi connectivity index (χ2v) is 5.39. The first-order valence-electron chi connectivity index (χ1n) is 6.19. The van der Waals surface area contributed by atoms with Crippen LogP contribution in [0.25, 0.3) is 0 Å². The Morgan fingerprint density at radius 2 is 1.93 bits per heavy atom. The number of nitrogens with zero attached hydrogens (tertiary/aromatic N) is 1. The summed E-state index contributed by atoms with van der Waals surface area (Å²) >= 11 is 0. The predicted molar refractivity (Wildman–Crippen MR) is 60.6 cm³/mol. The molecule has 2 aliphatic heterocycles. The van der Waals surface area contributed by atoms with Gasteiger partial charge in [-0.05, 0) is 18.8 Å². The molecule has 0 radical (unpaired) electrons. The summed E-state index contributed by atoms with van der Waals surface area (Å²) in [6.07, 6.45) is 4.51. The standard InChI is InChI=1S/C12H22N2O/c1-9(2)6-12(15)14-7-10-4-3-5-11(8-14)13-10/h9-11,13H,3-8H2,1-2H3. The van der Waals surface area contributed by atoms with Crippen LogP contribution in [0.4, 0.5) is 0 Å². The van der Waals surface area contributed by atoms with Crippen molar-refractivity contribution < 1.29 is 4.79 Å². The lowest BCUT2D eigenvalue weighted by Crippen LogP contribution is -2.60. The summed E-state index contributed by atoms with van der Waals surface area (Å²) in [5, 5.41) is 3.60. The van der Waals surface area contributed by atoms with Crippen LogP contribution < -0.4 is 5.32 Å². The van der Waals surface area contributed by atoms with Crippen molar-refractivity contribution in [2.24, 2.45) is 5.92 Å². The Morgan fingerprint density at radius 1 is 1.33 bits per heavy atom. The van der Waals surface area contributed by atoms with Gasteiger partial charge in [0, 0.05) is 31.6 Å². The molecule has 0 aromatic heterocycles. The van der Waals surface area contributed by atoms with E-state index in [2.05, 4.69) is 24.1 Å². The van der Waals surface area contributed by atoms with E-state index in [1.807, 2.05) is 0 Å². The Morgan fingerprint density at radius 3 is 2.47 bits per heavy atom. The molecule has 1 amide bonds. The lowest BCUT2D eigenvalue weighted by Gasteiger charge is -2.42. The number of rotatable bonds is 2. The third-order valence-electron chi connectivity index (χ3n) is 3.39. The SMILES string of the molecule is CC(C)CC(=O)N1CC2CCCC(C1)N2. The number of piperidine rings is 1. The second kappa shape index (κ2) is 4.52. The molecule has 15 heavy (non-hydrogen) atoms. The first kappa shape index (κ1) is 10.9. The summed E-state index contributed by atoms with van der Waals surface area (Å²) in [5.74, 6) is 0.829. The zero-order valence-electron chi connectivity index (χ0n) is 9.83. The van der Waals surface area contributed by atoms with Crippen LogP contribution in [0.5, 0.6) is 0 Å². The minimum absolute atomic E-state index is 0.350. The minimum Gasteiger partial charge on any atom is -0.340 e. The lowest BCUT2D eigenvalue weighted by atomic mass is 9.94. The second-order valence-electron chi connectivity index (χ2n) is 5.39. The highest BCUT2D eigenvalue weighted by molar-refractivity contribution is 5.76. The van der Waals surface area contributed by atoms with Crippen LogP contribution in [0.2, 0.25) is 0 Å². The zero-order valence-corrected chi connectivity index (χ0v) is 9.83. The molecule has 3 nitrogen and oxygen atoms in total. The molecule has 2 fully saturated rings. The first-order chi connectivity index (χ1) is 7.15. The number of likely N-dealkylation sites (tertiary alicyclic amines) is 1. The Kier molecular flexibility index (Phi) is 3.29. The van der Waals surface area contributed by atoms with Crippen LogP contribution in [0.15, 0.2) is 0 Å². The summed E-state index contributed by atoms with van der Waals surface area (Å²) in [4.78, 5) is 14.0. The topological polar surface area (TPSA) is 32.3 Å². The van der Waals surface area contributed by atoms with Gasteiger partial charge in [0.25, 0.3) is 0 Å². The number of nitrogens with one attached hydrogen (secondary N) is 1. The molecular weight excluding hydrogens is 188 g/mol. The molecule has 0 aromatic rings. The fraction of sp³-hybridized carbons (Fsp3) is 0.917. The molecule has 2 atom stereocenters. The van der Waals surface area contributed by atoms with Crippen molar-refractivity contribution in [2.75, 3.05) is 13.1 Å². The van der Waals surface area contributed by atoms with Crippen LogP contribution in [0.1, 0.15) is 39.5 Å². The average Bonchev–Trinajstić information content (AvgIpc) is 2.16. The molecular formula is C12H22N2O. The van der Waals surface area contributed by atoms with Gasteiger partial charge in [-0.15, -0.1) is 0 Å². The number of amides is 1. The van der Waals surface area contributed by atoms with Crippen molar-refractivity contribution in [1.82, 2.24) is 10.2 Å². The lowest BCUT2D eigenvalue weighted by molar-refractivity contribution is -0.134. The maximum atomic E-state index is 11.9. The van der Waals surface area contributed by atoms with Crippen LogP contribution in [-0.4, -0.2) is 36.0 Å². The average molecular weight is 210 g/mol. The Hall–Kier alpha value is -0.570. The van der Waals surface area contributed by atoms with E-state index in [-0.39, 0.29) is 0 Å². The molecule has 2 aliphatic rings. The molecule has 0 aromatic carbocycles. The fourth-order valence-corrected chi connectivity index (χ4v) is 2.69. The predicted octanol–water partition coefficient (Wildman–Crippen LogP) is 1.39. The van der Waals surface area contributed by atoms with Gasteiger partial charge in [0.05, 0.1) is 0 Å². The number of carbonyl (C=O) groups is 1. The molecule has 2 rings (SSSR count). The number of piperazine rings is 1. The van der Waals surface area contributed by atoms with E-state index in [0.717, 1.165) is 13.1 Å². The number of fused-ring (bicyclic) bond motifs is 2. The monoisotopic (exact) mass is 210 g/mol. The van der Waals surface area contributed by atoms with Gasteiger partial charge in [0.15, 0.2) is 0 Å². The van der Waals surface area contributed by atoms with Gasteiger partial charge in [-0.1, -0.05) is 20.3 Å². The summed E-state index contributed by atoms with van der Waals surface area (Å²) in [6, 6.07) is 1.13. The molecule has 86 valence electrons. The molecule has 2 saturated heterocycles. The van der Waals surface area contributed by atoms with E-state index in [0.29, 0.717) is 30.3 Å². The number of carbonyl (C=O) groups excluding carboxylic acids is 1. The zero-order chi connectivity index (χ0) is 10.8. The highest BCUT2D eigenvalue weighted by Gasteiger charge is 2.31. The van der Waals surface area contributed by atoms with E-state index < -0.39 is 0 Å². The fourth-order valence-electron chi connectivity index (χ4n) is 2.69. The molecule has 2 heterocycles. The highest BCUT2D eigenvalue weighted by Crippen LogP contribution is 2.20. The summed E-state index contributed by atoms with van der Waals surface area (Å²) in [6.45, 7) is 6.09. The molecule has 1 N–H and O–H groups in total. The maximum absolute atomic E-state index is 11.9. The highest BCUT2D eigenvalue weighted by atomic mass is 16.2. The van der Waals surface area contributed by atoms with E-state index in [4.69, 9.17) is 0 Å². The van der Waals surface area contributed by atoms with Gasteiger partial charge < -0.3 is 10.2 Å². The molecule has 3 heteroatoms. The van der Waals surface area contributed by atoms with Gasteiger partial charge >= 0.3 is 0 Å². The van der Waals surface area contributed by atoms with Gasteiger partial charge in [0.2, 0.25) is 5.91 Å². The van der Waals surface area contributed by atoms with Crippen molar-refractivity contribution in [3.05, 3.63) is 0 Å². The summed E-state index contributed by atoms with van der Waals surface area (Å²) in [5.41, 5.74) is 0. The van der Waals surface area contributed by atoms with E-state index in [9.17, 15) is 4.79 Å². The summed E-state index contributed by atoms with van der Waals surface area (Å²) < 4.78 is 0. The van der Waals surface area contributed by atoms with Gasteiger partial charge in [-0.3, -0.25) is 4.79 Å². The first-order valence-corrected chi connectivity index (χ1v) is 6.19. The van der Waals surface area contributed by atoms with Crippen molar-refractivity contribution >= 4 is 5.91 Å². The third-order valence-corrected chi connectivity index (χ3v) is 3.39. The molecule has 0 spiro atoms. The Bertz CT molecular complexity index is 228. The van der Waals surface area contributed by atoms with Gasteiger partial charge in [-0.25, -0.2) is 0 Å². The van der Waals surface area contributed by atoms with Crippen molar-refractivity contribution in [1.29, 1.82) is 0 Å². The quantitative estimate of drug-likeness (QED) is 0.747. The van der Waals surface area contributed by atoms with E-state index >= 15 is 0 Å². The molecule has 2 unspecified atom stereocenters. The number of hydrogen-bond acceptors (Lipinski definition) is 2. The summed E-state index contributed by atoms with van der Waals surface area (Å²) in [7, 11) is 0. The van der Waals surface area contributed by atoms with Gasteiger partial charge in [-0.2, -0.15) is 0 Å². The van der Waals surface area contributed by atoms with Gasteiger partial charge in [0.1, 0.15) is 0 Å². The third kappa shape index (κ3) is 2.71. The Labute approximate surface area is 92.2 Å². The van der Waals surface area contributed by atoms with Crippen LogP contribution in [-0.2, 0) is 4.79 Å².